The predicted molar refractivity (Wildman–Crippen MR) is 77.0 cm³/mol. The van der Waals surface area contributed by atoms with Crippen molar-refractivity contribution in [3.63, 3.8) is 0 Å². The topological polar surface area (TPSA) is 105 Å². The number of amides is 1. The minimum absolute atomic E-state index is 0.105. The second-order valence-electron chi connectivity index (χ2n) is 4.74. The van der Waals surface area contributed by atoms with E-state index in [1.54, 1.807) is 0 Å². The summed E-state index contributed by atoms with van der Waals surface area (Å²) in [4.78, 5) is 19.8. The molecule has 7 heteroatoms. The second kappa shape index (κ2) is 5.30. The number of para-hydroxylation sites is 1. The van der Waals surface area contributed by atoms with Gasteiger partial charge in [-0.05, 0) is 18.6 Å². The summed E-state index contributed by atoms with van der Waals surface area (Å²) >= 11 is 0. The summed E-state index contributed by atoms with van der Waals surface area (Å²) in [5, 5.41) is 7.11. The van der Waals surface area contributed by atoms with Gasteiger partial charge in [0.25, 0.3) is 0 Å². The average Bonchev–Trinajstić information content (AvgIpc) is 2.90. The molecular formula is C13H16N6O. The molecule has 20 heavy (non-hydrogen) atoms. The van der Waals surface area contributed by atoms with Gasteiger partial charge in [-0.2, -0.15) is 4.98 Å². The lowest BCUT2D eigenvalue weighted by atomic mass is 10.2. The molecule has 7 nitrogen and oxygen atoms in total. The highest BCUT2D eigenvalue weighted by atomic mass is 16.1. The number of nitrogen functional groups attached to an aromatic ring is 1. The molecule has 0 aliphatic carbocycles. The fraction of sp³-hybridized carbons (Fsp3) is 0.308. The van der Waals surface area contributed by atoms with E-state index in [1.165, 1.54) is 0 Å². The van der Waals surface area contributed by atoms with Crippen LogP contribution in [0, 0.1) is 0 Å². The number of carbonyl (C=O) groups excluding carboxylic acids is 1. The van der Waals surface area contributed by atoms with E-state index in [1.807, 2.05) is 24.3 Å². The van der Waals surface area contributed by atoms with Crippen LogP contribution in [0.1, 0.15) is 12.8 Å². The van der Waals surface area contributed by atoms with Gasteiger partial charge in [-0.1, -0.05) is 12.1 Å². The van der Waals surface area contributed by atoms with Crippen LogP contribution >= 0.6 is 0 Å². The Kier molecular flexibility index (Phi) is 3.34. The maximum atomic E-state index is 11.2. The smallest absolute Gasteiger partial charge is 0.239 e. The Morgan fingerprint density at radius 3 is 2.95 bits per heavy atom. The van der Waals surface area contributed by atoms with Crippen molar-refractivity contribution in [3.05, 3.63) is 24.3 Å². The lowest BCUT2D eigenvalue weighted by Crippen LogP contribution is -2.32. The number of nitrogens with two attached hydrogens (primary N) is 1. The third kappa shape index (κ3) is 2.48. The van der Waals surface area contributed by atoms with Crippen molar-refractivity contribution in [2.75, 3.05) is 17.3 Å². The van der Waals surface area contributed by atoms with Gasteiger partial charge in [-0.3, -0.25) is 10.2 Å². The zero-order valence-electron chi connectivity index (χ0n) is 10.9. The average molecular weight is 272 g/mol. The van der Waals surface area contributed by atoms with E-state index >= 15 is 0 Å². The van der Waals surface area contributed by atoms with E-state index in [9.17, 15) is 4.79 Å². The standard InChI is InChI=1S/C13H16N6O/c14-19-13-17-10-4-2-1-3-9(10)12(18-13)15-7-8-5-6-11(20)16-8/h1-4,8H,5-7,14H2,(H,16,20)(H2,15,17,18,19). The number of hydrogen-bond acceptors (Lipinski definition) is 6. The van der Waals surface area contributed by atoms with Gasteiger partial charge in [-0.25, -0.2) is 10.8 Å². The molecule has 1 unspecified atom stereocenters. The molecule has 104 valence electrons. The van der Waals surface area contributed by atoms with Crippen LogP contribution in [0.15, 0.2) is 24.3 Å². The first-order valence-corrected chi connectivity index (χ1v) is 6.53. The molecule has 1 aromatic heterocycles. The zero-order chi connectivity index (χ0) is 13.9. The van der Waals surface area contributed by atoms with Gasteiger partial charge >= 0.3 is 0 Å². The van der Waals surface area contributed by atoms with Crippen LogP contribution in [0.2, 0.25) is 0 Å². The Balaban J connectivity index is 1.84. The molecule has 1 fully saturated rings. The molecule has 0 radical (unpaired) electrons. The maximum absolute atomic E-state index is 11.2. The molecule has 1 aromatic carbocycles. The van der Waals surface area contributed by atoms with E-state index in [-0.39, 0.29) is 11.9 Å². The lowest BCUT2D eigenvalue weighted by Gasteiger charge is -2.14. The van der Waals surface area contributed by atoms with Crippen molar-refractivity contribution in [3.8, 4) is 0 Å². The fourth-order valence-electron chi connectivity index (χ4n) is 2.33. The van der Waals surface area contributed by atoms with Crippen molar-refractivity contribution in [2.45, 2.75) is 18.9 Å². The van der Waals surface area contributed by atoms with Crippen molar-refractivity contribution in [1.82, 2.24) is 15.3 Å². The molecule has 5 N–H and O–H groups in total. The van der Waals surface area contributed by atoms with Crippen LogP contribution in [0.4, 0.5) is 11.8 Å². The van der Waals surface area contributed by atoms with Crippen molar-refractivity contribution in [2.24, 2.45) is 5.84 Å². The number of aromatic nitrogens is 2. The monoisotopic (exact) mass is 272 g/mol. The molecule has 2 heterocycles. The van der Waals surface area contributed by atoms with Gasteiger partial charge in [0.1, 0.15) is 5.82 Å². The van der Waals surface area contributed by atoms with E-state index < -0.39 is 0 Å². The number of fused-ring (bicyclic) bond motifs is 1. The number of rotatable bonds is 4. The number of nitrogens with zero attached hydrogens (tertiary/aromatic N) is 2. The summed E-state index contributed by atoms with van der Waals surface area (Å²) < 4.78 is 0. The number of anilines is 2. The Morgan fingerprint density at radius 1 is 1.35 bits per heavy atom. The highest BCUT2D eigenvalue weighted by Crippen LogP contribution is 2.21. The van der Waals surface area contributed by atoms with Crippen LogP contribution in [-0.4, -0.2) is 28.5 Å². The first-order valence-electron chi connectivity index (χ1n) is 6.53. The van der Waals surface area contributed by atoms with Gasteiger partial charge in [0.15, 0.2) is 0 Å². The zero-order valence-corrected chi connectivity index (χ0v) is 10.9. The Morgan fingerprint density at radius 2 is 2.20 bits per heavy atom. The van der Waals surface area contributed by atoms with Crippen molar-refractivity contribution < 1.29 is 4.79 Å². The minimum atomic E-state index is 0.105. The Labute approximate surface area is 115 Å². The molecule has 0 spiro atoms. The molecule has 1 saturated heterocycles. The Bertz CT molecular complexity index is 644. The van der Waals surface area contributed by atoms with Gasteiger partial charge in [-0.15, -0.1) is 0 Å². The molecule has 1 atom stereocenters. The summed E-state index contributed by atoms with van der Waals surface area (Å²) in [6, 6.07) is 7.84. The molecule has 1 aliphatic heterocycles. The number of hydrogen-bond donors (Lipinski definition) is 4. The van der Waals surface area contributed by atoms with Crippen LogP contribution in [0.3, 0.4) is 0 Å². The van der Waals surface area contributed by atoms with Crippen LogP contribution in [0.25, 0.3) is 10.9 Å². The fourth-order valence-corrected chi connectivity index (χ4v) is 2.33. The second-order valence-corrected chi connectivity index (χ2v) is 4.74. The largest absolute Gasteiger partial charge is 0.367 e. The SMILES string of the molecule is NNc1nc(NCC2CCC(=O)N2)c2ccccc2n1. The lowest BCUT2D eigenvalue weighted by molar-refractivity contribution is -0.119. The summed E-state index contributed by atoms with van der Waals surface area (Å²) in [6.45, 7) is 0.636. The van der Waals surface area contributed by atoms with E-state index in [2.05, 4.69) is 26.0 Å². The van der Waals surface area contributed by atoms with Gasteiger partial charge in [0.05, 0.1) is 5.52 Å². The number of benzene rings is 1. The normalized spacial score (nSPS) is 18.1. The highest BCUT2D eigenvalue weighted by Gasteiger charge is 2.20. The number of carbonyl (C=O) groups is 1. The molecule has 2 aromatic rings. The summed E-state index contributed by atoms with van der Waals surface area (Å²) in [6.07, 6.45) is 1.43. The van der Waals surface area contributed by atoms with E-state index in [0.29, 0.717) is 24.7 Å². The molecular weight excluding hydrogens is 256 g/mol. The summed E-state index contributed by atoms with van der Waals surface area (Å²) in [7, 11) is 0. The van der Waals surface area contributed by atoms with Crippen LogP contribution in [-0.2, 0) is 4.79 Å². The van der Waals surface area contributed by atoms with Gasteiger partial charge < -0.3 is 10.6 Å². The number of hydrazine groups is 1. The summed E-state index contributed by atoms with van der Waals surface area (Å²) in [5.74, 6) is 6.57. The predicted octanol–water partition coefficient (Wildman–Crippen LogP) is 0.606. The third-order valence-electron chi connectivity index (χ3n) is 3.33. The van der Waals surface area contributed by atoms with Crippen molar-refractivity contribution >= 4 is 28.6 Å². The van der Waals surface area contributed by atoms with Crippen molar-refractivity contribution in [1.29, 1.82) is 0 Å². The van der Waals surface area contributed by atoms with Gasteiger partial charge in [0.2, 0.25) is 11.9 Å². The number of nitrogens with one attached hydrogen (secondary N) is 3. The first-order chi connectivity index (χ1) is 9.76. The van der Waals surface area contributed by atoms with Crippen LogP contribution in [0.5, 0.6) is 0 Å². The first kappa shape index (κ1) is 12.6. The molecule has 3 rings (SSSR count). The van der Waals surface area contributed by atoms with Crippen LogP contribution < -0.4 is 21.9 Å². The highest BCUT2D eigenvalue weighted by molar-refractivity contribution is 5.90. The Hall–Kier alpha value is -2.41. The quantitative estimate of drug-likeness (QED) is 0.480. The molecule has 1 amide bonds. The maximum Gasteiger partial charge on any atom is 0.239 e. The molecule has 0 saturated carbocycles. The van der Waals surface area contributed by atoms with Gasteiger partial charge in [0, 0.05) is 24.4 Å². The minimum Gasteiger partial charge on any atom is -0.367 e. The van der Waals surface area contributed by atoms with E-state index in [4.69, 9.17) is 5.84 Å². The third-order valence-corrected chi connectivity index (χ3v) is 3.33. The summed E-state index contributed by atoms with van der Waals surface area (Å²) in [5.41, 5.74) is 3.28. The molecule has 1 aliphatic rings. The molecule has 0 bridgehead atoms. The van der Waals surface area contributed by atoms with E-state index in [0.717, 1.165) is 17.3 Å².